The van der Waals surface area contributed by atoms with Crippen molar-refractivity contribution in [1.29, 1.82) is 0 Å². The van der Waals surface area contributed by atoms with Crippen LogP contribution in [0.1, 0.15) is 11.1 Å². The summed E-state index contributed by atoms with van der Waals surface area (Å²) in [6.07, 6.45) is 0. The summed E-state index contributed by atoms with van der Waals surface area (Å²) in [6.45, 7) is 1.35. The van der Waals surface area contributed by atoms with Crippen molar-refractivity contribution in [3.05, 3.63) is 58.1 Å². The van der Waals surface area contributed by atoms with Crippen LogP contribution in [0.4, 0.5) is 0 Å². The van der Waals surface area contributed by atoms with E-state index in [2.05, 4.69) is 33.4 Å². The highest BCUT2D eigenvalue weighted by atomic mass is 79.9. The van der Waals surface area contributed by atoms with Crippen LogP contribution < -0.4 is 10.1 Å². The number of rotatable bonds is 5. The topological polar surface area (TPSA) is 41.5 Å². The lowest BCUT2D eigenvalue weighted by Gasteiger charge is -2.09. The van der Waals surface area contributed by atoms with Crippen molar-refractivity contribution in [3.63, 3.8) is 0 Å². The zero-order valence-corrected chi connectivity index (χ0v) is 12.3. The molecular formula is C15H16BrNO2. The average Bonchev–Trinajstić information content (AvgIpc) is 2.43. The van der Waals surface area contributed by atoms with E-state index in [9.17, 15) is 5.11 Å². The summed E-state index contributed by atoms with van der Waals surface area (Å²) < 4.78 is 6.21. The zero-order chi connectivity index (χ0) is 13.7. The molecule has 0 aliphatic heterocycles. The second-order valence-corrected chi connectivity index (χ2v) is 5.14. The Morgan fingerprint density at radius 2 is 1.84 bits per heavy atom. The third-order valence-corrected chi connectivity index (χ3v) is 3.37. The molecule has 0 fully saturated rings. The summed E-state index contributed by atoms with van der Waals surface area (Å²) in [4.78, 5) is 0. The Kier molecular flexibility index (Phi) is 4.82. The quantitative estimate of drug-likeness (QED) is 0.886. The van der Waals surface area contributed by atoms with Crippen LogP contribution >= 0.6 is 15.9 Å². The molecule has 2 aromatic carbocycles. The molecule has 100 valence electrons. The Morgan fingerprint density at radius 3 is 2.53 bits per heavy atom. The molecule has 0 aromatic heterocycles. The number of phenolic OH excluding ortho intramolecular Hbond substituents is 1. The Morgan fingerprint density at radius 1 is 1.11 bits per heavy atom. The maximum absolute atomic E-state index is 9.76. The fourth-order valence-corrected chi connectivity index (χ4v) is 2.04. The molecule has 3 nitrogen and oxygen atoms in total. The van der Waals surface area contributed by atoms with E-state index in [1.807, 2.05) is 18.2 Å². The van der Waals surface area contributed by atoms with Gasteiger partial charge in [-0.1, -0.05) is 28.1 Å². The summed E-state index contributed by atoms with van der Waals surface area (Å²) >= 11 is 3.41. The minimum Gasteiger partial charge on any atom is -0.508 e. The Labute approximate surface area is 121 Å². The normalized spacial score (nSPS) is 10.4. The van der Waals surface area contributed by atoms with Gasteiger partial charge in [0.15, 0.2) is 0 Å². The molecule has 0 heterocycles. The van der Waals surface area contributed by atoms with Gasteiger partial charge >= 0.3 is 0 Å². The van der Waals surface area contributed by atoms with Gasteiger partial charge in [-0.15, -0.1) is 0 Å². The maximum atomic E-state index is 9.76. The number of hydrogen-bond donors (Lipinski definition) is 2. The molecule has 0 bridgehead atoms. The third-order valence-electron chi connectivity index (χ3n) is 2.84. The van der Waals surface area contributed by atoms with Crippen LogP contribution in [0, 0.1) is 0 Å². The highest BCUT2D eigenvalue weighted by Gasteiger charge is 2.03. The Bertz CT molecular complexity index is 540. The maximum Gasteiger partial charge on any atom is 0.120 e. The standard InChI is InChI=1S/C15H16BrNO2/c1-19-14-6-7-15(18)12(8-14)10-17-9-11-2-4-13(16)5-3-11/h2-8,17-18H,9-10H2,1H3. The van der Waals surface area contributed by atoms with Gasteiger partial charge in [-0.05, 0) is 35.9 Å². The predicted molar refractivity (Wildman–Crippen MR) is 79.3 cm³/mol. The average molecular weight is 322 g/mol. The van der Waals surface area contributed by atoms with Crippen LogP contribution in [0.15, 0.2) is 46.9 Å². The van der Waals surface area contributed by atoms with E-state index in [0.717, 1.165) is 22.3 Å². The number of hydrogen-bond acceptors (Lipinski definition) is 3. The van der Waals surface area contributed by atoms with Gasteiger partial charge in [0.1, 0.15) is 11.5 Å². The van der Waals surface area contributed by atoms with Gasteiger partial charge in [-0.25, -0.2) is 0 Å². The van der Waals surface area contributed by atoms with Gasteiger partial charge < -0.3 is 15.2 Å². The van der Waals surface area contributed by atoms with Crippen LogP contribution in [0.2, 0.25) is 0 Å². The Hall–Kier alpha value is -1.52. The first kappa shape index (κ1) is 13.9. The molecule has 0 aliphatic carbocycles. The van der Waals surface area contributed by atoms with Crippen LogP contribution in [-0.4, -0.2) is 12.2 Å². The molecule has 2 N–H and O–H groups in total. The van der Waals surface area contributed by atoms with Gasteiger partial charge in [0.2, 0.25) is 0 Å². The number of ether oxygens (including phenoxy) is 1. The number of nitrogens with one attached hydrogen (secondary N) is 1. The van der Waals surface area contributed by atoms with Crippen LogP contribution in [0.5, 0.6) is 11.5 Å². The number of halogens is 1. The van der Waals surface area contributed by atoms with E-state index in [0.29, 0.717) is 6.54 Å². The fourth-order valence-electron chi connectivity index (χ4n) is 1.77. The minimum absolute atomic E-state index is 0.282. The first-order chi connectivity index (χ1) is 9.19. The van der Waals surface area contributed by atoms with E-state index in [4.69, 9.17) is 4.74 Å². The van der Waals surface area contributed by atoms with Crippen molar-refractivity contribution < 1.29 is 9.84 Å². The lowest BCUT2D eigenvalue weighted by Crippen LogP contribution is -2.12. The van der Waals surface area contributed by atoms with Gasteiger partial charge in [-0.2, -0.15) is 0 Å². The van der Waals surface area contributed by atoms with Crippen LogP contribution in [-0.2, 0) is 13.1 Å². The van der Waals surface area contributed by atoms with E-state index < -0.39 is 0 Å². The minimum atomic E-state index is 0.282. The molecule has 2 aromatic rings. The lowest BCUT2D eigenvalue weighted by atomic mass is 10.1. The summed E-state index contributed by atoms with van der Waals surface area (Å²) in [5.74, 6) is 1.03. The second-order valence-electron chi connectivity index (χ2n) is 4.22. The number of aromatic hydroxyl groups is 1. The Balaban J connectivity index is 1.93. The first-order valence-corrected chi connectivity index (χ1v) is 6.79. The summed E-state index contributed by atoms with van der Waals surface area (Å²) in [6, 6.07) is 13.4. The highest BCUT2D eigenvalue weighted by Crippen LogP contribution is 2.22. The molecule has 0 unspecified atom stereocenters. The van der Waals surface area contributed by atoms with E-state index in [-0.39, 0.29) is 5.75 Å². The predicted octanol–water partition coefficient (Wildman–Crippen LogP) is 3.45. The number of benzene rings is 2. The van der Waals surface area contributed by atoms with Gasteiger partial charge in [0, 0.05) is 23.1 Å². The molecular weight excluding hydrogens is 306 g/mol. The van der Waals surface area contributed by atoms with Crippen molar-refractivity contribution in [2.24, 2.45) is 0 Å². The molecule has 0 saturated carbocycles. The lowest BCUT2D eigenvalue weighted by molar-refractivity contribution is 0.410. The number of methoxy groups -OCH3 is 1. The molecule has 19 heavy (non-hydrogen) atoms. The monoisotopic (exact) mass is 321 g/mol. The molecule has 2 rings (SSSR count). The summed E-state index contributed by atoms with van der Waals surface area (Å²) in [5.41, 5.74) is 2.03. The highest BCUT2D eigenvalue weighted by molar-refractivity contribution is 9.10. The molecule has 0 spiro atoms. The first-order valence-electron chi connectivity index (χ1n) is 6.00. The molecule has 4 heteroatoms. The van der Waals surface area contributed by atoms with Crippen molar-refractivity contribution in [3.8, 4) is 11.5 Å². The molecule has 0 amide bonds. The van der Waals surface area contributed by atoms with E-state index in [1.54, 1.807) is 19.2 Å². The smallest absolute Gasteiger partial charge is 0.120 e. The molecule has 0 atom stereocenters. The number of phenols is 1. The molecule has 0 radical (unpaired) electrons. The molecule has 0 aliphatic rings. The van der Waals surface area contributed by atoms with Crippen molar-refractivity contribution >= 4 is 15.9 Å². The van der Waals surface area contributed by atoms with Gasteiger partial charge in [-0.3, -0.25) is 0 Å². The van der Waals surface area contributed by atoms with Crippen LogP contribution in [0.25, 0.3) is 0 Å². The fraction of sp³-hybridized carbons (Fsp3) is 0.200. The van der Waals surface area contributed by atoms with Crippen molar-refractivity contribution in [2.45, 2.75) is 13.1 Å². The zero-order valence-electron chi connectivity index (χ0n) is 10.7. The third kappa shape index (κ3) is 3.98. The van der Waals surface area contributed by atoms with Crippen molar-refractivity contribution in [1.82, 2.24) is 5.32 Å². The van der Waals surface area contributed by atoms with Crippen LogP contribution in [0.3, 0.4) is 0 Å². The van der Waals surface area contributed by atoms with Gasteiger partial charge in [0.05, 0.1) is 7.11 Å². The van der Waals surface area contributed by atoms with Gasteiger partial charge in [0.25, 0.3) is 0 Å². The second kappa shape index (κ2) is 6.59. The van der Waals surface area contributed by atoms with E-state index >= 15 is 0 Å². The molecule has 0 saturated heterocycles. The van der Waals surface area contributed by atoms with Crippen molar-refractivity contribution in [2.75, 3.05) is 7.11 Å². The van der Waals surface area contributed by atoms with E-state index in [1.165, 1.54) is 5.56 Å². The largest absolute Gasteiger partial charge is 0.508 e. The SMILES string of the molecule is COc1ccc(O)c(CNCc2ccc(Br)cc2)c1. The summed E-state index contributed by atoms with van der Waals surface area (Å²) in [7, 11) is 1.62. The summed E-state index contributed by atoms with van der Waals surface area (Å²) in [5, 5.41) is 13.1.